The lowest BCUT2D eigenvalue weighted by atomic mass is 10.0. The Morgan fingerprint density at radius 1 is 0.476 bits per heavy atom. The Morgan fingerprint density at radius 2 is 0.905 bits per heavy atom. The van der Waals surface area contributed by atoms with Gasteiger partial charge in [0.1, 0.15) is 6.10 Å². The molecular formula is C57H97NO5. The number of carbonyl (C=O) groups is 2. The number of aliphatic hydroxyl groups excluding tert-OH is 2. The highest BCUT2D eigenvalue weighted by Gasteiger charge is 2.24. The first-order chi connectivity index (χ1) is 31.0. The minimum atomic E-state index is -0.803. The monoisotopic (exact) mass is 876 g/mol. The van der Waals surface area contributed by atoms with Gasteiger partial charge in [-0.2, -0.15) is 0 Å². The molecule has 0 radical (unpaired) electrons. The van der Waals surface area contributed by atoms with E-state index in [0.717, 1.165) is 109 Å². The molecule has 0 aromatic carbocycles. The van der Waals surface area contributed by atoms with Gasteiger partial charge in [0.2, 0.25) is 5.91 Å². The number of amides is 1. The summed E-state index contributed by atoms with van der Waals surface area (Å²) in [5, 5.41) is 23.7. The highest BCUT2D eigenvalue weighted by Crippen LogP contribution is 2.17. The minimum absolute atomic E-state index is 0.0463. The van der Waals surface area contributed by atoms with Gasteiger partial charge in [-0.15, -0.1) is 0 Å². The third-order valence-electron chi connectivity index (χ3n) is 11.2. The first kappa shape index (κ1) is 59.8. The van der Waals surface area contributed by atoms with Crippen LogP contribution in [-0.2, 0) is 14.3 Å². The zero-order chi connectivity index (χ0) is 45.9. The maximum absolute atomic E-state index is 13.2. The maximum Gasteiger partial charge on any atom is 0.306 e. The van der Waals surface area contributed by atoms with Crippen molar-refractivity contribution in [1.29, 1.82) is 0 Å². The Morgan fingerprint density at radius 3 is 1.46 bits per heavy atom. The van der Waals surface area contributed by atoms with Crippen molar-refractivity contribution in [2.75, 3.05) is 6.61 Å². The lowest BCUT2D eigenvalue weighted by Crippen LogP contribution is -2.46. The first-order valence-electron chi connectivity index (χ1n) is 26.0. The summed E-state index contributed by atoms with van der Waals surface area (Å²) in [5.41, 5.74) is 0. The van der Waals surface area contributed by atoms with Crippen molar-refractivity contribution < 1.29 is 24.5 Å². The molecule has 0 aromatic heterocycles. The fourth-order valence-corrected chi connectivity index (χ4v) is 7.29. The number of unbranched alkanes of at least 4 members (excludes halogenated alkanes) is 21. The molecule has 0 bridgehead atoms. The molecule has 3 atom stereocenters. The van der Waals surface area contributed by atoms with Gasteiger partial charge in [0.05, 0.1) is 25.2 Å². The van der Waals surface area contributed by atoms with E-state index in [1.54, 1.807) is 0 Å². The van der Waals surface area contributed by atoms with E-state index < -0.39 is 18.2 Å². The van der Waals surface area contributed by atoms with Crippen molar-refractivity contribution in [3.8, 4) is 0 Å². The lowest BCUT2D eigenvalue weighted by Gasteiger charge is -2.24. The number of esters is 1. The smallest absolute Gasteiger partial charge is 0.306 e. The van der Waals surface area contributed by atoms with Crippen LogP contribution in [0.5, 0.6) is 0 Å². The molecule has 0 rings (SSSR count). The number of ether oxygens (including phenoxy) is 1. The molecule has 3 unspecified atom stereocenters. The molecule has 6 nitrogen and oxygen atoms in total. The second-order valence-corrected chi connectivity index (χ2v) is 17.3. The molecule has 360 valence electrons. The second-order valence-electron chi connectivity index (χ2n) is 17.3. The van der Waals surface area contributed by atoms with Crippen LogP contribution >= 0.6 is 0 Å². The van der Waals surface area contributed by atoms with Crippen LogP contribution in [0.1, 0.15) is 226 Å². The van der Waals surface area contributed by atoms with Crippen molar-refractivity contribution >= 4 is 11.9 Å². The molecule has 0 saturated heterocycles. The van der Waals surface area contributed by atoms with Crippen molar-refractivity contribution in [3.05, 3.63) is 97.2 Å². The van der Waals surface area contributed by atoms with Crippen LogP contribution in [0.2, 0.25) is 0 Å². The summed E-state index contributed by atoms with van der Waals surface area (Å²) >= 11 is 0. The molecule has 0 aliphatic carbocycles. The second kappa shape index (κ2) is 49.8. The average Bonchev–Trinajstić information content (AvgIpc) is 3.28. The number of hydrogen-bond donors (Lipinski definition) is 3. The van der Waals surface area contributed by atoms with Crippen LogP contribution in [0.4, 0.5) is 0 Å². The molecule has 0 saturated carbocycles. The summed E-state index contributed by atoms with van der Waals surface area (Å²) in [6.45, 7) is 6.33. The number of rotatable bonds is 45. The Balaban J connectivity index is 4.70. The highest BCUT2D eigenvalue weighted by molar-refractivity contribution is 5.77. The van der Waals surface area contributed by atoms with E-state index in [-0.39, 0.29) is 24.9 Å². The topological polar surface area (TPSA) is 95.9 Å². The van der Waals surface area contributed by atoms with Crippen LogP contribution < -0.4 is 5.32 Å². The summed E-state index contributed by atoms with van der Waals surface area (Å²) in [6.07, 6.45) is 66.0. The fourth-order valence-electron chi connectivity index (χ4n) is 7.29. The Labute approximate surface area is 388 Å². The van der Waals surface area contributed by atoms with Gasteiger partial charge in [0.15, 0.2) is 0 Å². The van der Waals surface area contributed by atoms with E-state index in [1.807, 2.05) is 24.3 Å². The van der Waals surface area contributed by atoms with Crippen molar-refractivity contribution in [2.24, 2.45) is 0 Å². The van der Waals surface area contributed by atoms with E-state index in [4.69, 9.17) is 4.74 Å². The van der Waals surface area contributed by atoms with Gasteiger partial charge in [-0.3, -0.25) is 9.59 Å². The normalized spacial score (nSPS) is 14.0. The lowest BCUT2D eigenvalue weighted by molar-refractivity contribution is -0.151. The molecule has 0 heterocycles. The number of carbonyl (C=O) groups excluding carboxylic acids is 2. The van der Waals surface area contributed by atoms with Crippen molar-refractivity contribution in [2.45, 2.75) is 244 Å². The summed E-state index contributed by atoms with van der Waals surface area (Å²) in [5.74, 6) is -0.532. The van der Waals surface area contributed by atoms with Crippen molar-refractivity contribution in [1.82, 2.24) is 5.32 Å². The summed E-state index contributed by atoms with van der Waals surface area (Å²) in [7, 11) is 0. The molecular weight excluding hydrogens is 779 g/mol. The minimum Gasteiger partial charge on any atom is -0.462 e. The van der Waals surface area contributed by atoms with E-state index in [0.29, 0.717) is 19.3 Å². The van der Waals surface area contributed by atoms with Crippen LogP contribution in [0, 0.1) is 0 Å². The number of hydrogen-bond acceptors (Lipinski definition) is 5. The quantitative estimate of drug-likeness (QED) is 0.0245. The molecule has 1 amide bonds. The standard InChI is InChI=1S/C57H97NO5/c1-4-7-10-13-16-19-21-23-25-27-29-31-33-35-38-41-44-47-50-57(62)63-53(48-45-42-39-37-34-32-30-28-26-24-22-20-17-14-11-8-5-2)51-56(61)58-54(52-59)55(60)49-46-43-40-36-18-15-12-9-6-3/h10,13,16-17,19-21,23-27,29-32,53-55,59-60H,4-9,11-12,14-15,18,22,28,33-52H2,1-3H3,(H,58,61)/b13-10+,19-16+,20-17-,23-21+,26-24-,27-25+,31-29+,32-30-. The first-order valence-corrected chi connectivity index (χ1v) is 26.0. The molecule has 0 aromatic rings. The van der Waals surface area contributed by atoms with Crippen LogP contribution in [0.15, 0.2) is 97.2 Å². The van der Waals surface area contributed by atoms with Crippen molar-refractivity contribution in [3.63, 3.8) is 0 Å². The zero-order valence-electron chi connectivity index (χ0n) is 40.9. The summed E-state index contributed by atoms with van der Waals surface area (Å²) < 4.78 is 5.92. The molecule has 3 N–H and O–H groups in total. The molecule has 0 fully saturated rings. The predicted octanol–water partition coefficient (Wildman–Crippen LogP) is 15.7. The van der Waals surface area contributed by atoms with E-state index >= 15 is 0 Å². The van der Waals surface area contributed by atoms with E-state index in [9.17, 15) is 19.8 Å². The van der Waals surface area contributed by atoms with Gasteiger partial charge in [-0.1, -0.05) is 227 Å². The Bertz CT molecular complexity index is 1260. The maximum atomic E-state index is 13.2. The highest BCUT2D eigenvalue weighted by atomic mass is 16.5. The third kappa shape index (κ3) is 45.2. The molecule has 0 aliphatic heterocycles. The zero-order valence-corrected chi connectivity index (χ0v) is 40.9. The number of allylic oxidation sites excluding steroid dienone is 16. The SMILES string of the molecule is CCC/C=C/C=C/C=C/C=C/C=C/CCCCCCCC(=O)OC(CCCCCC/C=C\C/C=C\C/C=C\CCCCC)CC(=O)NC(CO)C(O)CCCCCCCCCCC. The molecule has 0 aliphatic rings. The largest absolute Gasteiger partial charge is 0.462 e. The van der Waals surface area contributed by atoms with Crippen LogP contribution in [0.3, 0.4) is 0 Å². The summed E-state index contributed by atoms with van der Waals surface area (Å²) in [6, 6.07) is -0.719. The van der Waals surface area contributed by atoms with E-state index in [2.05, 4.69) is 99.0 Å². The number of nitrogens with one attached hydrogen (secondary N) is 1. The Kier molecular flexibility index (Phi) is 47.2. The Hall–Kier alpha value is -3.22. The molecule has 6 heteroatoms. The average molecular weight is 876 g/mol. The molecule has 0 spiro atoms. The molecule has 63 heavy (non-hydrogen) atoms. The van der Waals surface area contributed by atoms with Crippen LogP contribution in [-0.4, -0.2) is 46.9 Å². The van der Waals surface area contributed by atoms with Gasteiger partial charge in [-0.05, 0) is 83.5 Å². The number of aliphatic hydroxyl groups is 2. The summed E-state index contributed by atoms with van der Waals surface area (Å²) in [4.78, 5) is 26.2. The fraction of sp³-hybridized carbons (Fsp3) is 0.684. The third-order valence-corrected chi connectivity index (χ3v) is 11.2. The van der Waals surface area contributed by atoms with Gasteiger partial charge >= 0.3 is 5.97 Å². The van der Waals surface area contributed by atoms with Gasteiger partial charge in [0, 0.05) is 6.42 Å². The van der Waals surface area contributed by atoms with Crippen LogP contribution in [0.25, 0.3) is 0 Å². The van der Waals surface area contributed by atoms with Gasteiger partial charge in [-0.25, -0.2) is 0 Å². The van der Waals surface area contributed by atoms with E-state index in [1.165, 1.54) is 70.6 Å². The predicted molar refractivity (Wildman–Crippen MR) is 273 cm³/mol. The van der Waals surface area contributed by atoms with Gasteiger partial charge < -0.3 is 20.3 Å². The van der Waals surface area contributed by atoms with Gasteiger partial charge in [0.25, 0.3) is 0 Å².